The second-order valence-corrected chi connectivity index (χ2v) is 4.67. The Balaban J connectivity index is 1.91. The number of hydrogen-bond donors (Lipinski definition) is 1. The fourth-order valence-corrected chi connectivity index (χ4v) is 2.17. The first kappa shape index (κ1) is 13.1. The lowest BCUT2D eigenvalue weighted by Crippen LogP contribution is -2.04. The molecule has 3 aromatic rings. The molecule has 1 heterocycles. The number of anilines is 1. The third-order valence-electron chi connectivity index (χ3n) is 3.19. The molecule has 4 heteroatoms. The molecule has 3 nitrogen and oxygen atoms in total. The standard InChI is InChI=1S/C17H12FN3/c18-15-6-3-4-12(8-15)11-20-17-14(10-19)9-13-5-1-2-7-16(13)21-17/h1-9H,11H2,(H,20,21). The van der Waals surface area contributed by atoms with Crippen molar-refractivity contribution in [3.05, 3.63) is 71.5 Å². The summed E-state index contributed by atoms with van der Waals surface area (Å²) in [5.74, 6) is 0.238. The zero-order valence-corrected chi connectivity index (χ0v) is 11.2. The molecule has 0 aliphatic carbocycles. The van der Waals surface area contributed by atoms with E-state index in [1.54, 1.807) is 12.1 Å². The number of nitriles is 1. The van der Waals surface area contributed by atoms with Gasteiger partial charge in [0.2, 0.25) is 0 Å². The molecular weight excluding hydrogens is 265 g/mol. The fourth-order valence-electron chi connectivity index (χ4n) is 2.17. The topological polar surface area (TPSA) is 48.7 Å². The van der Waals surface area contributed by atoms with E-state index in [1.807, 2.05) is 30.3 Å². The third kappa shape index (κ3) is 2.82. The van der Waals surface area contributed by atoms with Gasteiger partial charge < -0.3 is 5.32 Å². The van der Waals surface area contributed by atoms with Crippen molar-refractivity contribution in [3.8, 4) is 6.07 Å². The molecule has 2 aromatic carbocycles. The molecule has 1 N–H and O–H groups in total. The molecule has 102 valence electrons. The van der Waals surface area contributed by atoms with Crippen LogP contribution in [0.4, 0.5) is 10.2 Å². The number of nitrogens with zero attached hydrogens (tertiary/aromatic N) is 2. The maximum atomic E-state index is 13.2. The van der Waals surface area contributed by atoms with Crippen molar-refractivity contribution in [1.82, 2.24) is 4.98 Å². The van der Waals surface area contributed by atoms with Crippen LogP contribution in [0.15, 0.2) is 54.6 Å². The molecule has 0 amide bonds. The Kier molecular flexibility index (Phi) is 3.48. The fraction of sp³-hybridized carbons (Fsp3) is 0.0588. The van der Waals surface area contributed by atoms with Crippen molar-refractivity contribution in [2.45, 2.75) is 6.54 Å². The molecule has 0 bridgehead atoms. The van der Waals surface area contributed by atoms with Crippen LogP contribution >= 0.6 is 0 Å². The van der Waals surface area contributed by atoms with Crippen molar-refractivity contribution >= 4 is 16.7 Å². The van der Waals surface area contributed by atoms with Crippen molar-refractivity contribution in [3.63, 3.8) is 0 Å². The Hall–Kier alpha value is -2.93. The molecule has 0 atom stereocenters. The predicted octanol–water partition coefficient (Wildman–Crippen LogP) is 3.86. The number of pyridine rings is 1. The van der Waals surface area contributed by atoms with Gasteiger partial charge in [0.1, 0.15) is 17.7 Å². The van der Waals surface area contributed by atoms with Crippen LogP contribution in [0.1, 0.15) is 11.1 Å². The normalized spacial score (nSPS) is 10.3. The summed E-state index contributed by atoms with van der Waals surface area (Å²) in [6.07, 6.45) is 0. The highest BCUT2D eigenvalue weighted by Crippen LogP contribution is 2.20. The van der Waals surface area contributed by atoms with E-state index in [0.29, 0.717) is 17.9 Å². The summed E-state index contributed by atoms with van der Waals surface area (Å²) < 4.78 is 13.2. The Morgan fingerprint density at radius 3 is 2.76 bits per heavy atom. The van der Waals surface area contributed by atoms with Gasteiger partial charge in [-0.15, -0.1) is 0 Å². The van der Waals surface area contributed by atoms with E-state index in [4.69, 9.17) is 0 Å². The number of rotatable bonds is 3. The average molecular weight is 277 g/mol. The van der Waals surface area contributed by atoms with Gasteiger partial charge in [0.25, 0.3) is 0 Å². The minimum absolute atomic E-state index is 0.277. The van der Waals surface area contributed by atoms with Gasteiger partial charge in [-0.2, -0.15) is 5.26 Å². The second-order valence-electron chi connectivity index (χ2n) is 4.67. The van der Waals surface area contributed by atoms with E-state index < -0.39 is 0 Å². The summed E-state index contributed by atoms with van der Waals surface area (Å²) >= 11 is 0. The van der Waals surface area contributed by atoms with Crippen molar-refractivity contribution in [2.75, 3.05) is 5.32 Å². The Bertz CT molecular complexity index is 837. The molecule has 0 unspecified atom stereocenters. The van der Waals surface area contributed by atoms with Gasteiger partial charge in [-0.3, -0.25) is 0 Å². The Morgan fingerprint density at radius 2 is 1.95 bits per heavy atom. The van der Waals surface area contributed by atoms with Crippen LogP contribution in [0.5, 0.6) is 0 Å². The highest BCUT2D eigenvalue weighted by atomic mass is 19.1. The Labute approximate surface area is 121 Å². The van der Waals surface area contributed by atoms with Gasteiger partial charge in [0.05, 0.1) is 11.1 Å². The van der Waals surface area contributed by atoms with Crippen molar-refractivity contribution < 1.29 is 4.39 Å². The summed E-state index contributed by atoms with van der Waals surface area (Å²) in [7, 11) is 0. The van der Waals surface area contributed by atoms with Crippen LogP contribution in [-0.2, 0) is 6.54 Å². The number of nitrogens with one attached hydrogen (secondary N) is 1. The molecule has 1 aromatic heterocycles. The third-order valence-corrected chi connectivity index (χ3v) is 3.19. The lowest BCUT2D eigenvalue weighted by molar-refractivity contribution is 0.626. The summed E-state index contributed by atoms with van der Waals surface area (Å²) in [5, 5.41) is 13.3. The summed E-state index contributed by atoms with van der Waals surface area (Å²) in [4.78, 5) is 4.46. The van der Waals surface area contributed by atoms with E-state index in [0.717, 1.165) is 16.5 Å². The van der Waals surface area contributed by atoms with E-state index in [1.165, 1.54) is 12.1 Å². The molecule has 0 fully saturated rings. The maximum Gasteiger partial charge on any atom is 0.144 e. The monoisotopic (exact) mass is 277 g/mol. The van der Waals surface area contributed by atoms with Gasteiger partial charge >= 0.3 is 0 Å². The summed E-state index contributed by atoms with van der Waals surface area (Å²) in [5.41, 5.74) is 2.09. The lowest BCUT2D eigenvalue weighted by atomic mass is 10.1. The average Bonchev–Trinajstić information content (AvgIpc) is 2.52. The minimum atomic E-state index is -0.277. The van der Waals surface area contributed by atoms with Crippen LogP contribution in [-0.4, -0.2) is 4.98 Å². The predicted molar refractivity (Wildman–Crippen MR) is 80.2 cm³/mol. The van der Waals surface area contributed by atoms with Crippen molar-refractivity contribution in [1.29, 1.82) is 5.26 Å². The smallest absolute Gasteiger partial charge is 0.144 e. The quantitative estimate of drug-likeness (QED) is 0.791. The highest BCUT2D eigenvalue weighted by Gasteiger charge is 2.06. The van der Waals surface area contributed by atoms with E-state index in [2.05, 4.69) is 16.4 Å². The molecule has 0 saturated carbocycles. The SMILES string of the molecule is N#Cc1cc2ccccc2nc1NCc1cccc(F)c1. The summed E-state index contributed by atoms with van der Waals surface area (Å²) in [6.45, 7) is 0.414. The largest absolute Gasteiger partial charge is 0.365 e. The van der Waals surface area contributed by atoms with Gasteiger partial charge in [-0.25, -0.2) is 9.37 Å². The van der Waals surface area contributed by atoms with Crippen LogP contribution < -0.4 is 5.32 Å². The van der Waals surface area contributed by atoms with Crippen LogP contribution in [0.3, 0.4) is 0 Å². The molecular formula is C17H12FN3. The molecule has 0 spiro atoms. The number of hydrogen-bond acceptors (Lipinski definition) is 3. The summed E-state index contributed by atoms with van der Waals surface area (Å²) in [6, 6.07) is 17.9. The second kappa shape index (κ2) is 5.59. The van der Waals surface area contributed by atoms with E-state index in [9.17, 15) is 9.65 Å². The number of fused-ring (bicyclic) bond motifs is 1. The lowest BCUT2D eigenvalue weighted by Gasteiger charge is -2.09. The van der Waals surface area contributed by atoms with Crippen LogP contribution in [0.2, 0.25) is 0 Å². The zero-order chi connectivity index (χ0) is 14.7. The first-order valence-electron chi connectivity index (χ1n) is 6.54. The Morgan fingerprint density at radius 1 is 1.10 bits per heavy atom. The van der Waals surface area contributed by atoms with E-state index >= 15 is 0 Å². The number of para-hydroxylation sites is 1. The first-order valence-corrected chi connectivity index (χ1v) is 6.54. The van der Waals surface area contributed by atoms with Crippen LogP contribution in [0, 0.1) is 17.1 Å². The van der Waals surface area contributed by atoms with Crippen molar-refractivity contribution in [2.24, 2.45) is 0 Å². The first-order chi connectivity index (χ1) is 10.3. The van der Waals surface area contributed by atoms with Crippen LogP contribution in [0.25, 0.3) is 10.9 Å². The molecule has 0 aliphatic heterocycles. The van der Waals surface area contributed by atoms with Gasteiger partial charge in [0, 0.05) is 11.9 Å². The van der Waals surface area contributed by atoms with Gasteiger partial charge in [-0.1, -0.05) is 30.3 Å². The number of benzene rings is 2. The van der Waals surface area contributed by atoms with Gasteiger partial charge in [-0.05, 0) is 29.8 Å². The highest BCUT2D eigenvalue weighted by molar-refractivity contribution is 5.82. The number of halogens is 1. The minimum Gasteiger partial charge on any atom is -0.365 e. The van der Waals surface area contributed by atoms with Gasteiger partial charge in [0.15, 0.2) is 0 Å². The molecule has 0 radical (unpaired) electrons. The zero-order valence-electron chi connectivity index (χ0n) is 11.2. The molecule has 21 heavy (non-hydrogen) atoms. The maximum absolute atomic E-state index is 13.2. The van der Waals surface area contributed by atoms with E-state index in [-0.39, 0.29) is 5.82 Å². The molecule has 3 rings (SSSR count). The molecule has 0 aliphatic rings. The molecule has 0 saturated heterocycles. The number of aromatic nitrogens is 1.